The highest BCUT2D eigenvalue weighted by Crippen LogP contribution is 2.55. The first-order chi connectivity index (χ1) is 24.8. The van der Waals surface area contributed by atoms with Gasteiger partial charge in [0.15, 0.2) is 0 Å². The molecule has 2 aliphatic rings. The fraction of sp³-hybridized carbons (Fsp3) is 0.0400. The van der Waals surface area contributed by atoms with Gasteiger partial charge in [-0.2, -0.15) is 0 Å². The van der Waals surface area contributed by atoms with Crippen molar-refractivity contribution in [3.8, 4) is 33.4 Å². The van der Waals surface area contributed by atoms with Gasteiger partial charge in [-0.05, 0) is 111 Å². The lowest BCUT2D eigenvalue weighted by Crippen LogP contribution is -2.17. The van der Waals surface area contributed by atoms with Crippen molar-refractivity contribution < 1.29 is 0 Å². The number of hydrogen-bond donors (Lipinski definition) is 0. The molecule has 0 radical (unpaired) electrons. The van der Waals surface area contributed by atoms with Gasteiger partial charge in [0.2, 0.25) is 0 Å². The first-order valence-electron chi connectivity index (χ1n) is 17.7. The standard InChI is InChI=1S/C50H32/c1-2-16-32-31(15-1)29-45(36-20-5-3-17-33(32)36)49-41-25-11-13-27-43(41)50(44-28-14-12-26-42(44)49)47-30-46-37-21-6-4-18-34(37)35-19-7-9-23-39(35)48(46)40-24-10-8-22-38(40)47/h1-30,35,39H. The first kappa shape index (κ1) is 27.7. The molecule has 2 unspecified atom stereocenters. The number of allylic oxidation sites excluding steroid dienone is 4. The molecular weight excluding hydrogens is 601 g/mol. The van der Waals surface area contributed by atoms with Crippen molar-refractivity contribution in [2.75, 3.05) is 0 Å². The van der Waals surface area contributed by atoms with Crippen LogP contribution in [0.4, 0.5) is 0 Å². The third kappa shape index (κ3) is 3.82. The molecule has 2 aliphatic carbocycles. The summed E-state index contributed by atoms with van der Waals surface area (Å²) in [5, 5.41) is 12.9. The fourth-order valence-electron chi connectivity index (χ4n) is 9.37. The maximum atomic E-state index is 2.53. The van der Waals surface area contributed by atoms with E-state index in [1.165, 1.54) is 98.4 Å². The lowest BCUT2D eigenvalue weighted by molar-refractivity contribution is 0.725. The van der Waals surface area contributed by atoms with Crippen LogP contribution >= 0.6 is 0 Å². The molecule has 9 aromatic rings. The predicted octanol–water partition coefficient (Wildman–Crippen LogP) is 13.8. The summed E-state index contributed by atoms with van der Waals surface area (Å²) in [6.07, 6.45) is 9.26. The zero-order valence-corrected chi connectivity index (χ0v) is 27.5. The SMILES string of the molecule is C1=CC2c3ccccc3-c3cc(-c4c5ccccc5c(-c5cc6ccccc6c6ccccc56)c5ccccc45)c4ccccc4c3C2C=C1. The zero-order chi connectivity index (χ0) is 32.8. The molecule has 0 aliphatic heterocycles. The summed E-state index contributed by atoms with van der Waals surface area (Å²) >= 11 is 0. The predicted molar refractivity (Wildman–Crippen MR) is 214 cm³/mol. The van der Waals surface area contributed by atoms with Gasteiger partial charge in [0.1, 0.15) is 0 Å². The minimum absolute atomic E-state index is 0.306. The Labute approximate surface area is 291 Å². The number of benzene rings is 9. The minimum atomic E-state index is 0.306. The second-order valence-electron chi connectivity index (χ2n) is 13.9. The maximum Gasteiger partial charge on any atom is 0.0137 e. The summed E-state index contributed by atoms with van der Waals surface area (Å²) in [7, 11) is 0. The van der Waals surface area contributed by atoms with Gasteiger partial charge < -0.3 is 0 Å². The largest absolute Gasteiger partial charge is 0.0761 e. The molecular formula is C50H32. The van der Waals surface area contributed by atoms with E-state index in [4.69, 9.17) is 0 Å². The fourth-order valence-corrected chi connectivity index (χ4v) is 9.37. The summed E-state index contributed by atoms with van der Waals surface area (Å²) in [5.41, 5.74) is 10.8. The molecule has 0 nitrogen and oxygen atoms in total. The van der Waals surface area contributed by atoms with Crippen molar-refractivity contribution in [3.63, 3.8) is 0 Å². The van der Waals surface area contributed by atoms with Crippen LogP contribution in [0.2, 0.25) is 0 Å². The van der Waals surface area contributed by atoms with Crippen molar-refractivity contribution in [2.24, 2.45) is 0 Å². The van der Waals surface area contributed by atoms with Gasteiger partial charge in [-0.15, -0.1) is 0 Å². The van der Waals surface area contributed by atoms with E-state index >= 15 is 0 Å². The van der Waals surface area contributed by atoms with Gasteiger partial charge in [0.05, 0.1) is 0 Å². The quantitative estimate of drug-likeness (QED) is 0.131. The Bertz CT molecular complexity index is 2880. The van der Waals surface area contributed by atoms with Crippen molar-refractivity contribution in [1.29, 1.82) is 0 Å². The van der Waals surface area contributed by atoms with E-state index in [2.05, 4.69) is 182 Å². The van der Waals surface area contributed by atoms with Crippen LogP contribution in [0.1, 0.15) is 23.0 Å². The average Bonchev–Trinajstić information content (AvgIpc) is 3.19. The lowest BCUT2D eigenvalue weighted by atomic mass is 9.68. The average molecular weight is 633 g/mol. The van der Waals surface area contributed by atoms with Gasteiger partial charge in [-0.3, -0.25) is 0 Å². The summed E-state index contributed by atoms with van der Waals surface area (Å²) in [4.78, 5) is 0. The van der Waals surface area contributed by atoms with Crippen LogP contribution in [-0.2, 0) is 0 Å². The van der Waals surface area contributed by atoms with E-state index in [0.717, 1.165) is 0 Å². The molecule has 0 heteroatoms. The first-order valence-corrected chi connectivity index (χ1v) is 17.7. The van der Waals surface area contributed by atoms with E-state index in [1.807, 2.05) is 0 Å². The molecule has 9 aromatic carbocycles. The van der Waals surface area contributed by atoms with Crippen LogP contribution in [0.25, 0.3) is 87.2 Å². The maximum absolute atomic E-state index is 2.53. The summed E-state index contributed by atoms with van der Waals surface area (Å²) in [5.74, 6) is 0.650. The normalized spacial score (nSPS) is 16.2. The smallest absolute Gasteiger partial charge is 0.0137 e. The summed E-state index contributed by atoms with van der Waals surface area (Å²) in [6.45, 7) is 0. The second-order valence-corrected chi connectivity index (χ2v) is 13.9. The van der Waals surface area contributed by atoms with E-state index in [0.29, 0.717) is 11.8 Å². The third-order valence-electron chi connectivity index (χ3n) is 11.4. The molecule has 232 valence electrons. The third-order valence-corrected chi connectivity index (χ3v) is 11.4. The summed E-state index contributed by atoms with van der Waals surface area (Å²) < 4.78 is 0. The Morgan fingerprint density at radius 3 is 1.42 bits per heavy atom. The topological polar surface area (TPSA) is 0 Å². The molecule has 0 saturated heterocycles. The second kappa shape index (κ2) is 10.6. The zero-order valence-electron chi connectivity index (χ0n) is 27.5. The number of hydrogen-bond acceptors (Lipinski definition) is 0. The molecule has 0 N–H and O–H groups in total. The van der Waals surface area contributed by atoms with Crippen molar-refractivity contribution >= 4 is 53.9 Å². The Hall–Kier alpha value is -6.24. The van der Waals surface area contributed by atoms with Crippen LogP contribution in [0, 0.1) is 0 Å². The Kier molecular flexibility index (Phi) is 5.89. The van der Waals surface area contributed by atoms with Gasteiger partial charge in [-0.25, -0.2) is 0 Å². The van der Waals surface area contributed by atoms with Gasteiger partial charge in [0.25, 0.3) is 0 Å². The Morgan fingerprint density at radius 2 is 0.760 bits per heavy atom. The monoisotopic (exact) mass is 632 g/mol. The minimum Gasteiger partial charge on any atom is -0.0761 e. The molecule has 2 atom stereocenters. The van der Waals surface area contributed by atoms with Crippen LogP contribution in [0.15, 0.2) is 182 Å². The highest BCUT2D eigenvalue weighted by Gasteiger charge is 2.34. The Balaban J connectivity index is 1.29. The van der Waals surface area contributed by atoms with Crippen LogP contribution in [-0.4, -0.2) is 0 Å². The van der Waals surface area contributed by atoms with E-state index < -0.39 is 0 Å². The van der Waals surface area contributed by atoms with E-state index in [1.54, 1.807) is 0 Å². The van der Waals surface area contributed by atoms with Crippen LogP contribution in [0.5, 0.6) is 0 Å². The van der Waals surface area contributed by atoms with Crippen molar-refractivity contribution in [2.45, 2.75) is 11.8 Å². The molecule has 0 spiro atoms. The highest BCUT2D eigenvalue weighted by atomic mass is 14.4. The molecule has 50 heavy (non-hydrogen) atoms. The van der Waals surface area contributed by atoms with Crippen molar-refractivity contribution in [1.82, 2.24) is 0 Å². The molecule has 0 fully saturated rings. The molecule has 11 rings (SSSR count). The molecule has 0 saturated carbocycles. The van der Waals surface area contributed by atoms with Gasteiger partial charge in [0, 0.05) is 11.8 Å². The van der Waals surface area contributed by atoms with Crippen molar-refractivity contribution in [3.05, 3.63) is 193 Å². The highest BCUT2D eigenvalue weighted by molar-refractivity contribution is 6.27. The molecule has 0 heterocycles. The molecule has 0 bridgehead atoms. The van der Waals surface area contributed by atoms with Gasteiger partial charge in [-0.1, -0.05) is 170 Å². The lowest BCUT2D eigenvalue weighted by Gasteiger charge is -2.35. The van der Waals surface area contributed by atoms with E-state index in [9.17, 15) is 0 Å². The Morgan fingerprint density at radius 1 is 0.300 bits per heavy atom. The molecule has 0 amide bonds. The van der Waals surface area contributed by atoms with Crippen LogP contribution < -0.4 is 0 Å². The molecule has 0 aromatic heterocycles. The van der Waals surface area contributed by atoms with Gasteiger partial charge >= 0.3 is 0 Å². The number of rotatable bonds is 2. The summed E-state index contributed by atoms with van der Waals surface area (Å²) in [6, 6.07) is 59.1. The van der Waals surface area contributed by atoms with E-state index in [-0.39, 0.29) is 0 Å². The van der Waals surface area contributed by atoms with Crippen LogP contribution in [0.3, 0.4) is 0 Å². The number of fused-ring (bicyclic) bond motifs is 13.